The molecule has 0 aromatic carbocycles. The lowest BCUT2D eigenvalue weighted by atomic mass is 9.93. The van der Waals surface area contributed by atoms with Gasteiger partial charge in [0.25, 0.3) is 0 Å². The Kier molecular flexibility index (Phi) is 4.19. The van der Waals surface area contributed by atoms with Crippen LogP contribution in [0.4, 0.5) is 0 Å². The molecule has 0 aliphatic carbocycles. The molecule has 0 saturated carbocycles. The smallest absolute Gasteiger partial charge is 0.339 e. The van der Waals surface area contributed by atoms with Crippen LogP contribution in [0.2, 0.25) is 0 Å². The van der Waals surface area contributed by atoms with Gasteiger partial charge in [0.2, 0.25) is 5.60 Å². The van der Waals surface area contributed by atoms with Crippen LogP contribution in [0.25, 0.3) is 0 Å². The van der Waals surface area contributed by atoms with Crippen LogP contribution >= 0.6 is 0 Å². The fourth-order valence-electron chi connectivity index (χ4n) is 0.826. The highest BCUT2D eigenvalue weighted by Crippen LogP contribution is 2.17. The second kappa shape index (κ2) is 4.71. The molecule has 0 radical (unpaired) electrons. The van der Waals surface area contributed by atoms with Gasteiger partial charge in [0.15, 0.2) is 6.10 Å². The minimum atomic E-state index is -3.10. The molecule has 0 fully saturated rings. The van der Waals surface area contributed by atoms with Crippen LogP contribution in [0.5, 0.6) is 0 Å². The number of aliphatic hydroxyl groups is 2. The molecule has 0 heterocycles. The first-order valence-electron chi connectivity index (χ1n) is 3.69. The van der Waals surface area contributed by atoms with Gasteiger partial charge in [-0.1, -0.05) is 0 Å². The summed E-state index contributed by atoms with van der Waals surface area (Å²) in [6.45, 7) is 0. The number of hydrogen-bond acceptors (Lipinski definition) is 6. The van der Waals surface area contributed by atoms with Gasteiger partial charge in [0.1, 0.15) is 0 Å². The number of rotatable bonds is 5. The van der Waals surface area contributed by atoms with Gasteiger partial charge < -0.3 is 25.2 Å². The summed E-state index contributed by atoms with van der Waals surface area (Å²) in [5.41, 5.74) is -3.10. The van der Waals surface area contributed by atoms with E-state index in [0.29, 0.717) is 0 Å². The van der Waals surface area contributed by atoms with Gasteiger partial charge in [-0.15, -0.1) is 0 Å². The highest BCUT2D eigenvalue weighted by atomic mass is 16.5. The molecule has 86 valence electrons. The molecule has 8 nitrogen and oxygen atoms in total. The van der Waals surface area contributed by atoms with Crippen LogP contribution in [0.1, 0.15) is 6.42 Å². The predicted molar refractivity (Wildman–Crippen MR) is 42.9 cm³/mol. The molecule has 2 unspecified atom stereocenters. The predicted octanol–water partition coefficient (Wildman–Crippen LogP) is -2.19. The number of aliphatic carboxylic acids is 2. The van der Waals surface area contributed by atoms with Crippen LogP contribution in [0.15, 0.2) is 0 Å². The number of esters is 1. The van der Waals surface area contributed by atoms with E-state index in [2.05, 4.69) is 4.74 Å². The maximum absolute atomic E-state index is 10.8. The van der Waals surface area contributed by atoms with Gasteiger partial charge in [-0.05, 0) is 0 Å². The summed E-state index contributed by atoms with van der Waals surface area (Å²) in [6, 6.07) is 0. The fraction of sp³-hybridized carbons (Fsp3) is 0.571. The van der Waals surface area contributed by atoms with Crippen molar-refractivity contribution < 1.29 is 39.5 Å². The molecular weight excluding hydrogens is 212 g/mol. The molecule has 15 heavy (non-hydrogen) atoms. The molecule has 0 rings (SSSR count). The minimum Gasteiger partial charge on any atom is -0.481 e. The number of carboxylic acid groups (broad SMARTS) is 2. The zero-order valence-electron chi connectivity index (χ0n) is 7.71. The molecule has 0 spiro atoms. The third kappa shape index (κ3) is 2.89. The molecular formula is C7H10O8. The number of aliphatic hydroxyl groups excluding tert-OH is 1. The normalized spacial score (nSPS) is 16.2. The molecule has 0 aliphatic heterocycles. The van der Waals surface area contributed by atoms with Crippen LogP contribution in [0.3, 0.4) is 0 Å². The SMILES string of the molecule is COC(=O)C(O)C(O)(CC(=O)O)C(=O)O. The van der Waals surface area contributed by atoms with Gasteiger partial charge in [-0.2, -0.15) is 0 Å². The number of carboxylic acids is 2. The zero-order chi connectivity index (χ0) is 12.2. The van der Waals surface area contributed by atoms with Crippen molar-refractivity contribution in [3.63, 3.8) is 0 Å². The summed E-state index contributed by atoms with van der Waals surface area (Å²) in [4.78, 5) is 31.5. The quantitative estimate of drug-likeness (QED) is 0.384. The average Bonchev–Trinajstić information content (AvgIpc) is 2.13. The highest BCUT2D eigenvalue weighted by Gasteiger charge is 2.50. The van der Waals surface area contributed by atoms with Crippen LogP contribution in [-0.2, 0) is 19.1 Å². The van der Waals surface area contributed by atoms with Crippen molar-refractivity contribution in [2.45, 2.75) is 18.1 Å². The fourth-order valence-corrected chi connectivity index (χ4v) is 0.826. The van der Waals surface area contributed by atoms with E-state index in [1.54, 1.807) is 0 Å². The number of methoxy groups -OCH3 is 1. The van der Waals surface area contributed by atoms with Crippen molar-refractivity contribution in [1.29, 1.82) is 0 Å². The molecule has 0 saturated heterocycles. The van der Waals surface area contributed by atoms with Gasteiger partial charge in [-0.3, -0.25) is 4.79 Å². The Morgan fingerprint density at radius 1 is 1.33 bits per heavy atom. The maximum Gasteiger partial charge on any atom is 0.339 e. The van der Waals surface area contributed by atoms with Gasteiger partial charge in [-0.25, -0.2) is 9.59 Å². The largest absolute Gasteiger partial charge is 0.481 e. The van der Waals surface area contributed by atoms with Gasteiger partial charge >= 0.3 is 17.9 Å². The van der Waals surface area contributed by atoms with E-state index in [9.17, 15) is 19.5 Å². The van der Waals surface area contributed by atoms with E-state index < -0.39 is 36.0 Å². The number of ether oxygens (including phenoxy) is 1. The molecule has 0 aromatic rings. The topological polar surface area (TPSA) is 141 Å². The highest BCUT2D eigenvalue weighted by molar-refractivity contribution is 5.91. The summed E-state index contributed by atoms with van der Waals surface area (Å²) in [5.74, 6) is -5.13. The summed E-state index contributed by atoms with van der Waals surface area (Å²) in [6.07, 6.45) is -3.78. The van der Waals surface area contributed by atoms with Crippen molar-refractivity contribution >= 4 is 17.9 Å². The summed E-state index contributed by atoms with van der Waals surface area (Å²) in [7, 11) is 0.856. The molecule has 0 aliphatic rings. The second-order valence-electron chi connectivity index (χ2n) is 2.73. The minimum absolute atomic E-state index is 0.856. The van der Waals surface area contributed by atoms with Crippen LogP contribution in [0, 0.1) is 0 Å². The molecule has 0 aromatic heterocycles. The van der Waals surface area contributed by atoms with Gasteiger partial charge in [0, 0.05) is 0 Å². The van der Waals surface area contributed by atoms with Crippen molar-refractivity contribution in [2.75, 3.05) is 7.11 Å². The van der Waals surface area contributed by atoms with E-state index in [-0.39, 0.29) is 0 Å². The third-order valence-electron chi connectivity index (χ3n) is 1.67. The first kappa shape index (κ1) is 13.3. The van der Waals surface area contributed by atoms with E-state index in [0.717, 1.165) is 7.11 Å². The van der Waals surface area contributed by atoms with Crippen molar-refractivity contribution in [1.82, 2.24) is 0 Å². The Bertz CT molecular complexity index is 285. The Labute approximate surface area is 83.7 Å². The summed E-state index contributed by atoms with van der Waals surface area (Å²) >= 11 is 0. The zero-order valence-corrected chi connectivity index (χ0v) is 7.71. The summed E-state index contributed by atoms with van der Waals surface area (Å²) in [5, 5.41) is 35.2. The molecule has 4 N–H and O–H groups in total. The lowest BCUT2D eigenvalue weighted by molar-refractivity contribution is -0.188. The standard InChI is InChI=1S/C7H10O8/c1-15-5(11)4(10)7(14,6(12)13)2-3(8)9/h4,10,14H,2H2,1H3,(H,8,9)(H,12,13). The summed E-state index contributed by atoms with van der Waals surface area (Å²) < 4.78 is 3.98. The Morgan fingerprint density at radius 3 is 2.07 bits per heavy atom. The molecule has 0 bridgehead atoms. The third-order valence-corrected chi connectivity index (χ3v) is 1.67. The number of carbonyl (C=O) groups is 3. The Balaban J connectivity index is 5.02. The Hall–Kier alpha value is -1.67. The first-order valence-corrected chi connectivity index (χ1v) is 3.69. The Morgan fingerprint density at radius 2 is 1.80 bits per heavy atom. The van der Waals surface area contributed by atoms with Gasteiger partial charge in [0.05, 0.1) is 13.5 Å². The number of hydrogen-bond donors (Lipinski definition) is 4. The number of carbonyl (C=O) groups excluding carboxylic acids is 1. The van der Waals surface area contributed by atoms with Crippen LogP contribution in [-0.4, -0.2) is 57.1 Å². The van der Waals surface area contributed by atoms with Crippen molar-refractivity contribution in [3.8, 4) is 0 Å². The second-order valence-corrected chi connectivity index (χ2v) is 2.73. The monoisotopic (exact) mass is 222 g/mol. The van der Waals surface area contributed by atoms with E-state index >= 15 is 0 Å². The molecule has 8 heteroatoms. The maximum atomic E-state index is 10.8. The lowest BCUT2D eigenvalue weighted by Gasteiger charge is -2.24. The average molecular weight is 222 g/mol. The van der Waals surface area contributed by atoms with E-state index in [4.69, 9.17) is 15.3 Å². The first-order chi connectivity index (χ1) is 6.75. The molecule has 0 amide bonds. The van der Waals surface area contributed by atoms with E-state index in [1.807, 2.05) is 0 Å². The van der Waals surface area contributed by atoms with Crippen LogP contribution < -0.4 is 0 Å². The van der Waals surface area contributed by atoms with Crippen molar-refractivity contribution in [2.24, 2.45) is 0 Å². The van der Waals surface area contributed by atoms with Crippen molar-refractivity contribution in [3.05, 3.63) is 0 Å². The van der Waals surface area contributed by atoms with E-state index in [1.165, 1.54) is 0 Å². The molecule has 2 atom stereocenters. The lowest BCUT2D eigenvalue weighted by Crippen LogP contribution is -2.54.